The number of carbonyl (C=O) groups excluding carboxylic acids is 1. The molecule has 0 unspecified atom stereocenters. The van der Waals surface area contributed by atoms with Gasteiger partial charge < -0.3 is 20.7 Å². The SMILES string of the molecule is OO.[NH3+][C@H](C(=O)[O-])[C@H](O)c1ccccc1. The summed E-state index contributed by atoms with van der Waals surface area (Å²) >= 11 is 0. The number of carboxylic acids is 1. The molecule has 6 N–H and O–H groups in total. The highest BCUT2D eigenvalue weighted by molar-refractivity contribution is 5.70. The number of carboxylic acid groups (broad SMARTS) is 1. The van der Waals surface area contributed by atoms with Gasteiger partial charge in [0.05, 0.1) is 0 Å². The van der Waals surface area contributed by atoms with Crippen LogP contribution in [0.5, 0.6) is 0 Å². The third kappa shape index (κ3) is 4.05. The largest absolute Gasteiger partial charge is 0.544 e. The van der Waals surface area contributed by atoms with Gasteiger partial charge in [-0.2, -0.15) is 0 Å². The first kappa shape index (κ1) is 13.5. The summed E-state index contributed by atoms with van der Waals surface area (Å²) in [6, 6.07) is 7.38. The molecule has 0 aliphatic carbocycles. The Morgan fingerprint density at radius 2 is 1.73 bits per heavy atom. The van der Waals surface area contributed by atoms with Crippen molar-refractivity contribution in [2.75, 3.05) is 0 Å². The Kier molecular flexibility index (Phi) is 6.23. The molecular weight excluding hydrogens is 202 g/mol. The summed E-state index contributed by atoms with van der Waals surface area (Å²) in [7, 11) is 0. The van der Waals surface area contributed by atoms with E-state index in [0.717, 1.165) is 0 Å². The molecule has 0 aliphatic heterocycles. The van der Waals surface area contributed by atoms with Gasteiger partial charge >= 0.3 is 0 Å². The smallest absolute Gasteiger partial charge is 0.155 e. The zero-order valence-electron chi connectivity index (χ0n) is 7.91. The van der Waals surface area contributed by atoms with Crippen LogP contribution in [0.15, 0.2) is 30.3 Å². The fourth-order valence-corrected chi connectivity index (χ4v) is 1.01. The van der Waals surface area contributed by atoms with Crippen LogP contribution in [0.4, 0.5) is 0 Å². The van der Waals surface area contributed by atoms with E-state index in [-0.39, 0.29) is 0 Å². The Morgan fingerprint density at radius 1 is 1.27 bits per heavy atom. The molecular formula is C9H13NO5. The van der Waals surface area contributed by atoms with Gasteiger partial charge in [0.15, 0.2) is 6.04 Å². The fraction of sp³-hybridized carbons (Fsp3) is 0.222. The standard InChI is InChI=1S/C9H11NO3.H2O2/c10-7(9(12)13)8(11)6-4-2-1-3-5-6;1-2/h1-5,7-8,11H,10H2,(H,12,13);1-2H/t7-,8+;/m0./s1. The van der Waals surface area contributed by atoms with Gasteiger partial charge in [0.1, 0.15) is 12.1 Å². The lowest BCUT2D eigenvalue weighted by Gasteiger charge is -2.16. The van der Waals surface area contributed by atoms with Crippen LogP contribution in [0.25, 0.3) is 0 Å². The number of aliphatic carboxylic acids is 1. The van der Waals surface area contributed by atoms with Crippen molar-refractivity contribution in [1.29, 1.82) is 0 Å². The molecule has 0 radical (unpaired) electrons. The van der Waals surface area contributed by atoms with Crippen LogP contribution in [0.3, 0.4) is 0 Å². The second-order valence-corrected chi connectivity index (χ2v) is 2.78. The van der Waals surface area contributed by atoms with Crippen molar-refractivity contribution in [2.24, 2.45) is 0 Å². The molecule has 84 valence electrons. The van der Waals surface area contributed by atoms with Crippen molar-refractivity contribution in [3.05, 3.63) is 35.9 Å². The molecule has 0 aromatic heterocycles. The predicted molar refractivity (Wildman–Crippen MR) is 48.3 cm³/mol. The Balaban J connectivity index is 0.000000921. The molecule has 0 spiro atoms. The van der Waals surface area contributed by atoms with E-state index < -0.39 is 18.1 Å². The summed E-state index contributed by atoms with van der Waals surface area (Å²) in [5.74, 6) is -1.35. The minimum Gasteiger partial charge on any atom is -0.544 e. The summed E-state index contributed by atoms with van der Waals surface area (Å²) in [6.45, 7) is 0. The molecule has 1 aromatic rings. The monoisotopic (exact) mass is 215 g/mol. The summed E-state index contributed by atoms with van der Waals surface area (Å²) in [4.78, 5) is 10.4. The van der Waals surface area contributed by atoms with Gasteiger partial charge in [-0.15, -0.1) is 0 Å². The van der Waals surface area contributed by atoms with Gasteiger partial charge in [0.2, 0.25) is 0 Å². The van der Waals surface area contributed by atoms with Crippen molar-refractivity contribution < 1.29 is 31.3 Å². The zero-order valence-corrected chi connectivity index (χ0v) is 7.91. The average molecular weight is 215 g/mol. The summed E-state index contributed by atoms with van der Waals surface area (Å²) < 4.78 is 0. The second kappa shape index (κ2) is 6.91. The van der Waals surface area contributed by atoms with Crippen molar-refractivity contribution in [3.8, 4) is 0 Å². The minimum absolute atomic E-state index is 0.534. The summed E-state index contributed by atoms with van der Waals surface area (Å²) in [5.41, 5.74) is 3.84. The van der Waals surface area contributed by atoms with E-state index in [1.807, 2.05) is 0 Å². The molecule has 6 nitrogen and oxygen atoms in total. The van der Waals surface area contributed by atoms with E-state index in [9.17, 15) is 15.0 Å². The van der Waals surface area contributed by atoms with E-state index in [1.54, 1.807) is 30.3 Å². The summed E-state index contributed by atoms with van der Waals surface area (Å²) in [6.07, 6.45) is -1.11. The number of aliphatic hydroxyl groups excluding tert-OH is 1. The van der Waals surface area contributed by atoms with Gasteiger partial charge in [-0.05, 0) is 5.56 Å². The van der Waals surface area contributed by atoms with Gasteiger partial charge in [-0.3, -0.25) is 10.5 Å². The lowest BCUT2D eigenvalue weighted by atomic mass is 10.0. The molecule has 1 aromatic carbocycles. The van der Waals surface area contributed by atoms with E-state index in [4.69, 9.17) is 10.5 Å². The van der Waals surface area contributed by atoms with Gasteiger partial charge in [-0.1, -0.05) is 30.3 Å². The van der Waals surface area contributed by atoms with E-state index in [0.29, 0.717) is 5.56 Å². The predicted octanol–water partition coefficient (Wildman–Crippen LogP) is -1.90. The Hall–Kier alpha value is -1.47. The highest BCUT2D eigenvalue weighted by atomic mass is 17.0. The molecule has 2 atom stereocenters. The summed E-state index contributed by atoms with van der Waals surface area (Å²) in [5, 5.41) is 31.9. The van der Waals surface area contributed by atoms with E-state index >= 15 is 0 Å². The zero-order chi connectivity index (χ0) is 11.8. The van der Waals surface area contributed by atoms with Crippen LogP contribution in [0.2, 0.25) is 0 Å². The third-order valence-electron chi connectivity index (χ3n) is 1.82. The molecule has 0 saturated carbocycles. The van der Waals surface area contributed by atoms with E-state index in [2.05, 4.69) is 5.73 Å². The van der Waals surface area contributed by atoms with Crippen LogP contribution in [0, 0.1) is 0 Å². The topological polar surface area (TPSA) is 128 Å². The van der Waals surface area contributed by atoms with Gasteiger partial charge in [0, 0.05) is 0 Å². The van der Waals surface area contributed by atoms with Gasteiger partial charge in [0.25, 0.3) is 0 Å². The van der Waals surface area contributed by atoms with Crippen LogP contribution in [-0.4, -0.2) is 27.6 Å². The lowest BCUT2D eigenvalue weighted by Crippen LogP contribution is -2.70. The number of benzene rings is 1. The quantitative estimate of drug-likeness (QED) is 0.345. The first-order valence-electron chi connectivity index (χ1n) is 4.10. The molecule has 1 rings (SSSR count). The molecule has 6 heteroatoms. The molecule has 0 saturated heterocycles. The maximum atomic E-state index is 10.4. The molecule has 0 aliphatic rings. The lowest BCUT2D eigenvalue weighted by molar-refractivity contribution is -0.452. The van der Waals surface area contributed by atoms with E-state index in [1.165, 1.54) is 0 Å². The molecule has 0 amide bonds. The van der Waals surface area contributed by atoms with Crippen molar-refractivity contribution >= 4 is 5.97 Å². The van der Waals surface area contributed by atoms with Crippen LogP contribution in [-0.2, 0) is 4.79 Å². The number of hydrogen-bond acceptors (Lipinski definition) is 5. The van der Waals surface area contributed by atoms with Crippen LogP contribution >= 0.6 is 0 Å². The maximum Gasteiger partial charge on any atom is 0.155 e. The number of rotatable bonds is 3. The van der Waals surface area contributed by atoms with Crippen LogP contribution in [0.1, 0.15) is 11.7 Å². The first-order chi connectivity index (χ1) is 7.13. The molecule has 0 bridgehead atoms. The number of quaternary nitrogens is 1. The minimum atomic E-state index is -1.35. The maximum absolute atomic E-state index is 10.4. The molecule has 0 fully saturated rings. The highest BCUT2D eigenvalue weighted by Gasteiger charge is 2.20. The number of hydrogen-bond donors (Lipinski definition) is 4. The number of carbonyl (C=O) groups is 1. The average Bonchev–Trinajstić information content (AvgIpc) is 2.31. The molecule has 15 heavy (non-hydrogen) atoms. The fourth-order valence-electron chi connectivity index (χ4n) is 1.01. The highest BCUT2D eigenvalue weighted by Crippen LogP contribution is 2.13. The Labute approximate surface area is 86.1 Å². The Bertz CT molecular complexity index is 290. The van der Waals surface area contributed by atoms with Gasteiger partial charge in [-0.25, -0.2) is 0 Å². The second-order valence-electron chi connectivity index (χ2n) is 2.78. The number of aliphatic hydroxyl groups is 1. The van der Waals surface area contributed by atoms with Crippen molar-refractivity contribution in [1.82, 2.24) is 0 Å². The third-order valence-corrected chi connectivity index (χ3v) is 1.82. The van der Waals surface area contributed by atoms with Crippen molar-refractivity contribution in [2.45, 2.75) is 12.1 Å². The first-order valence-corrected chi connectivity index (χ1v) is 4.10. The normalized spacial score (nSPS) is 13.3. The Morgan fingerprint density at radius 3 is 2.13 bits per heavy atom. The van der Waals surface area contributed by atoms with Crippen molar-refractivity contribution in [3.63, 3.8) is 0 Å². The molecule has 0 heterocycles. The van der Waals surface area contributed by atoms with Crippen LogP contribution < -0.4 is 10.8 Å².